The molecule has 3 atom stereocenters. The van der Waals surface area contributed by atoms with Gasteiger partial charge in [-0.3, -0.25) is 0 Å². The van der Waals surface area contributed by atoms with Crippen LogP contribution in [0.25, 0.3) is 0 Å². The van der Waals surface area contributed by atoms with Crippen LogP contribution in [0.2, 0.25) is 0 Å². The second kappa shape index (κ2) is 8.93. The molecule has 2 heteroatoms. The third-order valence-corrected chi connectivity index (χ3v) is 3.83. The molecule has 0 spiro atoms. The Morgan fingerprint density at radius 2 is 2.06 bits per heavy atom. The van der Waals surface area contributed by atoms with Gasteiger partial charge < -0.3 is 10.1 Å². The lowest BCUT2D eigenvalue weighted by atomic mass is 9.99. The standard InChI is InChI=1S/C15H31NO/c1-4-6-7-8-9-13(3)16-14-10-11-17-15(5-2)12-14/h13-16H,4-12H2,1-3H3. The summed E-state index contributed by atoms with van der Waals surface area (Å²) >= 11 is 0. The maximum atomic E-state index is 5.71. The summed E-state index contributed by atoms with van der Waals surface area (Å²) in [5.74, 6) is 0. The van der Waals surface area contributed by atoms with Crippen molar-refractivity contribution in [3.63, 3.8) is 0 Å². The number of hydrogen-bond donors (Lipinski definition) is 1. The van der Waals surface area contributed by atoms with Gasteiger partial charge in [-0.2, -0.15) is 0 Å². The zero-order valence-electron chi connectivity index (χ0n) is 12.0. The van der Waals surface area contributed by atoms with Gasteiger partial charge in [0, 0.05) is 18.7 Å². The summed E-state index contributed by atoms with van der Waals surface area (Å²) in [6, 6.07) is 1.36. The predicted molar refractivity (Wildman–Crippen MR) is 74.4 cm³/mol. The third-order valence-electron chi connectivity index (χ3n) is 3.83. The lowest BCUT2D eigenvalue weighted by Gasteiger charge is -2.31. The topological polar surface area (TPSA) is 21.3 Å². The fraction of sp³-hybridized carbons (Fsp3) is 1.00. The Labute approximate surface area is 108 Å². The van der Waals surface area contributed by atoms with Crippen LogP contribution in [-0.2, 0) is 4.74 Å². The highest BCUT2D eigenvalue weighted by molar-refractivity contribution is 4.78. The molecule has 0 bridgehead atoms. The van der Waals surface area contributed by atoms with Gasteiger partial charge in [-0.05, 0) is 32.6 Å². The lowest BCUT2D eigenvalue weighted by Crippen LogP contribution is -2.42. The molecule has 0 radical (unpaired) electrons. The Balaban J connectivity index is 2.10. The highest BCUT2D eigenvalue weighted by Gasteiger charge is 2.21. The zero-order valence-corrected chi connectivity index (χ0v) is 12.0. The lowest BCUT2D eigenvalue weighted by molar-refractivity contribution is -0.00178. The molecule has 1 saturated heterocycles. The van der Waals surface area contributed by atoms with Gasteiger partial charge in [0.25, 0.3) is 0 Å². The van der Waals surface area contributed by atoms with E-state index in [1.54, 1.807) is 0 Å². The summed E-state index contributed by atoms with van der Waals surface area (Å²) in [6.45, 7) is 7.77. The average Bonchev–Trinajstić information content (AvgIpc) is 2.35. The molecule has 0 aromatic heterocycles. The van der Waals surface area contributed by atoms with Crippen LogP contribution < -0.4 is 5.32 Å². The zero-order chi connectivity index (χ0) is 12.5. The van der Waals surface area contributed by atoms with E-state index in [0.29, 0.717) is 18.2 Å². The van der Waals surface area contributed by atoms with E-state index in [-0.39, 0.29) is 0 Å². The van der Waals surface area contributed by atoms with Crippen LogP contribution in [0.15, 0.2) is 0 Å². The Morgan fingerprint density at radius 3 is 2.76 bits per heavy atom. The Bertz CT molecular complexity index is 184. The maximum Gasteiger partial charge on any atom is 0.0587 e. The van der Waals surface area contributed by atoms with Gasteiger partial charge in [-0.1, -0.05) is 39.5 Å². The largest absolute Gasteiger partial charge is 0.378 e. The summed E-state index contributed by atoms with van der Waals surface area (Å²) in [5.41, 5.74) is 0. The minimum atomic E-state index is 0.494. The van der Waals surface area contributed by atoms with Gasteiger partial charge in [-0.15, -0.1) is 0 Å². The molecule has 17 heavy (non-hydrogen) atoms. The Hall–Kier alpha value is -0.0800. The molecule has 1 heterocycles. The first-order valence-electron chi connectivity index (χ1n) is 7.63. The van der Waals surface area contributed by atoms with Crippen molar-refractivity contribution in [2.24, 2.45) is 0 Å². The summed E-state index contributed by atoms with van der Waals surface area (Å²) < 4.78 is 5.71. The van der Waals surface area contributed by atoms with Crippen molar-refractivity contribution in [3.05, 3.63) is 0 Å². The summed E-state index contributed by atoms with van der Waals surface area (Å²) in [7, 11) is 0. The number of nitrogens with one attached hydrogen (secondary N) is 1. The van der Waals surface area contributed by atoms with E-state index < -0.39 is 0 Å². The third kappa shape index (κ3) is 6.42. The Morgan fingerprint density at radius 1 is 1.24 bits per heavy atom. The molecule has 1 aliphatic rings. The highest BCUT2D eigenvalue weighted by atomic mass is 16.5. The minimum absolute atomic E-state index is 0.494. The number of rotatable bonds is 8. The van der Waals surface area contributed by atoms with Crippen molar-refractivity contribution in [2.45, 2.75) is 90.3 Å². The highest BCUT2D eigenvalue weighted by Crippen LogP contribution is 2.17. The van der Waals surface area contributed by atoms with Crippen molar-refractivity contribution in [1.82, 2.24) is 5.32 Å². The average molecular weight is 241 g/mol. The van der Waals surface area contributed by atoms with E-state index >= 15 is 0 Å². The molecular formula is C15H31NO. The van der Waals surface area contributed by atoms with E-state index in [2.05, 4.69) is 26.1 Å². The number of ether oxygens (including phenoxy) is 1. The van der Waals surface area contributed by atoms with Crippen LogP contribution >= 0.6 is 0 Å². The van der Waals surface area contributed by atoms with E-state index in [1.165, 1.54) is 44.9 Å². The van der Waals surface area contributed by atoms with Gasteiger partial charge in [0.15, 0.2) is 0 Å². The van der Waals surface area contributed by atoms with E-state index in [9.17, 15) is 0 Å². The van der Waals surface area contributed by atoms with Crippen molar-refractivity contribution in [2.75, 3.05) is 6.61 Å². The second-order valence-corrected chi connectivity index (χ2v) is 5.54. The summed E-state index contributed by atoms with van der Waals surface area (Å²) in [6.07, 6.45) is 10.9. The molecule has 1 aliphatic heterocycles. The Kier molecular flexibility index (Phi) is 7.87. The van der Waals surface area contributed by atoms with E-state index in [4.69, 9.17) is 4.74 Å². The van der Waals surface area contributed by atoms with Crippen LogP contribution in [0.3, 0.4) is 0 Å². The number of hydrogen-bond acceptors (Lipinski definition) is 2. The van der Waals surface area contributed by atoms with Gasteiger partial charge in [-0.25, -0.2) is 0 Å². The minimum Gasteiger partial charge on any atom is -0.378 e. The molecule has 1 fully saturated rings. The molecule has 1 rings (SSSR count). The quantitative estimate of drug-likeness (QED) is 0.651. The second-order valence-electron chi connectivity index (χ2n) is 5.54. The smallest absolute Gasteiger partial charge is 0.0587 e. The predicted octanol–water partition coefficient (Wildman–Crippen LogP) is 3.89. The number of unbranched alkanes of at least 4 members (excludes halogenated alkanes) is 3. The van der Waals surface area contributed by atoms with Crippen LogP contribution in [0.1, 0.15) is 72.1 Å². The molecule has 3 unspecified atom stereocenters. The molecule has 0 saturated carbocycles. The van der Waals surface area contributed by atoms with Crippen molar-refractivity contribution in [3.8, 4) is 0 Å². The molecule has 0 aliphatic carbocycles. The maximum absolute atomic E-state index is 5.71. The summed E-state index contributed by atoms with van der Waals surface area (Å²) in [5, 5.41) is 3.78. The van der Waals surface area contributed by atoms with E-state index in [0.717, 1.165) is 13.0 Å². The first-order chi connectivity index (χ1) is 8.26. The van der Waals surface area contributed by atoms with Crippen LogP contribution in [0, 0.1) is 0 Å². The molecule has 0 amide bonds. The van der Waals surface area contributed by atoms with Crippen molar-refractivity contribution in [1.29, 1.82) is 0 Å². The first kappa shape index (κ1) is 15.0. The van der Waals surface area contributed by atoms with E-state index in [1.807, 2.05) is 0 Å². The molecule has 0 aromatic carbocycles. The van der Waals surface area contributed by atoms with Crippen LogP contribution in [0.5, 0.6) is 0 Å². The SMILES string of the molecule is CCCCCCC(C)NC1CCOC(CC)C1. The molecule has 1 N–H and O–H groups in total. The van der Waals surface area contributed by atoms with Crippen molar-refractivity contribution >= 4 is 0 Å². The normalized spacial score (nSPS) is 27.0. The molecule has 2 nitrogen and oxygen atoms in total. The van der Waals surface area contributed by atoms with Crippen molar-refractivity contribution < 1.29 is 4.74 Å². The molecule has 102 valence electrons. The molecule has 0 aromatic rings. The monoisotopic (exact) mass is 241 g/mol. The van der Waals surface area contributed by atoms with Gasteiger partial charge in [0.05, 0.1) is 6.10 Å². The van der Waals surface area contributed by atoms with Gasteiger partial charge in [0.2, 0.25) is 0 Å². The first-order valence-corrected chi connectivity index (χ1v) is 7.63. The van der Waals surface area contributed by atoms with Crippen LogP contribution in [0.4, 0.5) is 0 Å². The van der Waals surface area contributed by atoms with Gasteiger partial charge in [0.1, 0.15) is 0 Å². The van der Waals surface area contributed by atoms with Gasteiger partial charge >= 0.3 is 0 Å². The fourth-order valence-corrected chi connectivity index (χ4v) is 2.68. The van der Waals surface area contributed by atoms with Crippen LogP contribution in [-0.4, -0.2) is 24.8 Å². The fourth-order valence-electron chi connectivity index (χ4n) is 2.68. The molecular weight excluding hydrogens is 210 g/mol. The summed E-state index contributed by atoms with van der Waals surface area (Å²) in [4.78, 5) is 0.